The van der Waals surface area contributed by atoms with E-state index < -0.39 is 0 Å². The van der Waals surface area contributed by atoms with E-state index in [2.05, 4.69) is 5.32 Å². The largest absolute Gasteiger partial charge is 0.377 e. The van der Waals surface area contributed by atoms with Crippen molar-refractivity contribution < 1.29 is 33.3 Å². The van der Waals surface area contributed by atoms with Gasteiger partial charge in [-0.25, -0.2) is 0 Å². The van der Waals surface area contributed by atoms with Crippen LogP contribution in [-0.2, 0) is 23.7 Å². The van der Waals surface area contributed by atoms with E-state index >= 15 is 0 Å². The van der Waals surface area contributed by atoms with Crippen molar-refractivity contribution in [2.24, 2.45) is 0 Å². The van der Waals surface area contributed by atoms with Gasteiger partial charge in [-0.2, -0.15) is 0 Å². The minimum absolute atomic E-state index is 0.234. The Hall–Kier alpha value is -1.88. The Balaban J connectivity index is 1.07. The molecule has 2 aliphatic rings. The van der Waals surface area contributed by atoms with Gasteiger partial charge >= 0.3 is 0 Å². The number of hydrogen-bond acceptors (Lipinski definition) is 8. The van der Waals surface area contributed by atoms with Gasteiger partial charge in [-0.1, -0.05) is 12.1 Å². The van der Waals surface area contributed by atoms with E-state index in [4.69, 9.17) is 23.7 Å². The Morgan fingerprint density at radius 2 is 1.19 bits per heavy atom. The fourth-order valence-electron chi connectivity index (χ4n) is 3.60. The minimum Gasteiger partial charge on any atom is -0.377 e. The Labute approximate surface area is 189 Å². The highest BCUT2D eigenvalue weighted by Crippen LogP contribution is 2.21. The molecule has 2 aliphatic heterocycles. The first-order valence-corrected chi connectivity index (χ1v) is 11.4. The molecule has 2 heterocycles. The van der Waals surface area contributed by atoms with Crippen LogP contribution in [0, 0.1) is 0 Å². The summed E-state index contributed by atoms with van der Waals surface area (Å²) >= 11 is 0. The fourth-order valence-corrected chi connectivity index (χ4v) is 3.60. The van der Waals surface area contributed by atoms with Gasteiger partial charge in [-0.3, -0.25) is 14.5 Å². The molecule has 9 heteroatoms. The number of nitrogens with one attached hydrogen (secondary N) is 1. The third kappa shape index (κ3) is 7.91. The van der Waals surface area contributed by atoms with Crippen molar-refractivity contribution >= 4 is 11.8 Å². The van der Waals surface area contributed by atoms with Gasteiger partial charge in [0, 0.05) is 0 Å². The Morgan fingerprint density at radius 1 is 0.719 bits per heavy atom. The second-order valence-electron chi connectivity index (χ2n) is 7.58. The van der Waals surface area contributed by atoms with Crippen LogP contribution in [0.3, 0.4) is 0 Å². The zero-order valence-electron chi connectivity index (χ0n) is 18.6. The maximum absolute atomic E-state index is 12.2. The minimum atomic E-state index is -0.263. The Kier molecular flexibility index (Phi) is 11.1. The number of hydrogen-bond donors (Lipinski definition) is 1. The molecule has 1 aromatic rings. The number of benzene rings is 1. The summed E-state index contributed by atoms with van der Waals surface area (Å²) < 4.78 is 27.6. The van der Waals surface area contributed by atoms with Gasteiger partial charge in [0.1, 0.15) is 0 Å². The Morgan fingerprint density at radius 3 is 1.72 bits per heavy atom. The van der Waals surface area contributed by atoms with E-state index in [1.807, 2.05) is 0 Å². The van der Waals surface area contributed by atoms with E-state index in [9.17, 15) is 9.59 Å². The summed E-state index contributed by atoms with van der Waals surface area (Å²) in [5.74, 6) is -0.526. The van der Waals surface area contributed by atoms with Gasteiger partial charge in [-0.05, 0) is 38.1 Å². The van der Waals surface area contributed by atoms with Gasteiger partial charge in [0.25, 0.3) is 11.8 Å². The van der Waals surface area contributed by atoms with Crippen molar-refractivity contribution in [3.05, 3.63) is 35.4 Å². The molecule has 0 unspecified atom stereocenters. The molecule has 0 aliphatic carbocycles. The van der Waals surface area contributed by atoms with E-state index in [-0.39, 0.29) is 25.0 Å². The highest BCUT2D eigenvalue weighted by atomic mass is 16.6. The second-order valence-corrected chi connectivity index (χ2v) is 7.58. The van der Waals surface area contributed by atoms with E-state index in [1.54, 1.807) is 24.3 Å². The summed E-state index contributed by atoms with van der Waals surface area (Å²) in [6.45, 7) is 6.63. The molecular formula is C23H34N2O7. The van der Waals surface area contributed by atoms with Crippen molar-refractivity contribution in [3.63, 3.8) is 0 Å². The molecule has 0 aromatic heterocycles. The molecule has 0 bridgehead atoms. The molecule has 32 heavy (non-hydrogen) atoms. The number of nitrogens with zero attached hydrogens (tertiary/aromatic N) is 1. The predicted molar refractivity (Wildman–Crippen MR) is 117 cm³/mol. The van der Waals surface area contributed by atoms with Crippen LogP contribution in [0.5, 0.6) is 0 Å². The molecule has 0 radical (unpaired) electrons. The summed E-state index contributed by atoms with van der Waals surface area (Å²) in [6.07, 6.45) is 2.50. The standard InChI is InChI=1S/C23H34N2O7/c26-22-20-3-1-2-4-21(20)23(27)25(22)9-10-28-11-12-29-13-14-30-15-16-31-17-18-32-19-5-7-24-8-6-19/h1-4,19,24H,5-18H2. The number of amides is 2. The van der Waals surface area contributed by atoms with Crippen LogP contribution in [0.4, 0.5) is 0 Å². The molecule has 0 atom stereocenters. The monoisotopic (exact) mass is 450 g/mol. The number of carbonyl (C=O) groups is 2. The normalized spacial score (nSPS) is 16.7. The number of rotatable bonds is 16. The molecule has 0 saturated carbocycles. The van der Waals surface area contributed by atoms with Gasteiger partial charge in [0.2, 0.25) is 0 Å². The second kappa shape index (κ2) is 14.3. The van der Waals surface area contributed by atoms with Crippen LogP contribution in [-0.4, -0.2) is 102 Å². The third-order valence-corrected chi connectivity index (χ3v) is 5.32. The lowest BCUT2D eigenvalue weighted by Crippen LogP contribution is -2.33. The van der Waals surface area contributed by atoms with Crippen molar-refractivity contribution in [2.45, 2.75) is 18.9 Å². The van der Waals surface area contributed by atoms with Crippen LogP contribution in [0.25, 0.3) is 0 Å². The molecule has 0 spiro atoms. The highest BCUT2D eigenvalue weighted by molar-refractivity contribution is 6.21. The fraction of sp³-hybridized carbons (Fsp3) is 0.652. The van der Waals surface area contributed by atoms with Crippen LogP contribution in [0.1, 0.15) is 33.6 Å². The molecule has 1 saturated heterocycles. The maximum Gasteiger partial charge on any atom is 0.261 e. The van der Waals surface area contributed by atoms with Gasteiger partial charge in [-0.15, -0.1) is 0 Å². The molecule has 1 aromatic carbocycles. The maximum atomic E-state index is 12.2. The van der Waals surface area contributed by atoms with Crippen LogP contribution in [0.15, 0.2) is 24.3 Å². The first-order valence-electron chi connectivity index (χ1n) is 11.4. The summed E-state index contributed by atoms with van der Waals surface area (Å²) in [5, 5.41) is 3.31. The zero-order valence-corrected chi connectivity index (χ0v) is 18.6. The lowest BCUT2D eigenvalue weighted by atomic mass is 10.1. The third-order valence-electron chi connectivity index (χ3n) is 5.32. The number of imide groups is 1. The van der Waals surface area contributed by atoms with Gasteiger partial charge < -0.3 is 29.0 Å². The lowest BCUT2D eigenvalue weighted by Gasteiger charge is -2.22. The van der Waals surface area contributed by atoms with E-state index in [1.165, 1.54) is 4.90 Å². The summed E-state index contributed by atoms with van der Waals surface area (Å²) in [6, 6.07) is 6.85. The van der Waals surface area contributed by atoms with Crippen LogP contribution >= 0.6 is 0 Å². The predicted octanol–water partition coefficient (Wildman–Crippen LogP) is 1.12. The lowest BCUT2D eigenvalue weighted by molar-refractivity contribution is -0.0281. The first kappa shape index (κ1) is 24.8. The summed E-state index contributed by atoms with van der Waals surface area (Å²) in [7, 11) is 0. The molecule has 2 amide bonds. The molecule has 1 fully saturated rings. The molecule has 9 nitrogen and oxygen atoms in total. The molecule has 178 valence electrons. The van der Waals surface area contributed by atoms with Crippen LogP contribution < -0.4 is 5.32 Å². The smallest absolute Gasteiger partial charge is 0.261 e. The summed E-state index contributed by atoms with van der Waals surface area (Å²) in [4.78, 5) is 25.7. The first-order chi connectivity index (χ1) is 15.8. The summed E-state index contributed by atoms with van der Waals surface area (Å²) in [5.41, 5.74) is 0.911. The average Bonchev–Trinajstić information content (AvgIpc) is 3.07. The van der Waals surface area contributed by atoms with Crippen molar-refractivity contribution in [1.29, 1.82) is 0 Å². The quantitative estimate of drug-likeness (QED) is 0.296. The Bertz CT molecular complexity index is 674. The van der Waals surface area contributed by atoms with Gasteiger partial charge in [0.05, 0.1) is 83.2 Å². The topological polar surface area (TPSA) is 95.6 Å². The molecule has 3 rings (SSSR count). The van der Waals surface area contributed by atoms with Crippen LogP contribution in [0.2, 0.25) is 0 Å². The van der Waals surface area contributed by atoms with Gasteiger partial charge in [0.15, 0.2) is 0 Å². The SMILES string of the molecule is O=C1c2ccccc2C(=O)N1CCOCCOCCOCCOCCOC1CCNCC1. The molecule has 1 N–H and O–H groups in total. The highest BCUT2D eigenvalue weighted by Gasteiger charge is 2.34. The average molecular weight is 451 g/mol. The molecular weight excluding hydrogens is 416 g/mol. The van der Waals surface area contributed by atoms with Crippen molar-refractivity contribution in [3.8, 4) is 0 Å². The number of carbonyl (C=O) groups excluding carboxylic acids is 2. The van der Waals surface area contributed by atoms with E-state index in [0.717, 1.165) is 25.9 Å². The number of ether oxygens (including phenoxy) is 5. The number of piperidine rings is 1. The van der Waals surface area contributed by atoms with Crippen molar-refractivity contribution in [1.82, 2.24) is 10.2 Å². The number of fused-ring (bicyclic) bond motifs is 1. The zero-order chi connectivity index (χ0) is 22.4. The van der Waals surface area contributed by atoms with E-state index in [0.29, 0.717) is 70.1 Å². The van der Waals surface area contributed by atoms with Crippen molar-refractivity contribution in [2.75, 3.05) is 79.1 Å².